The molecule has 1 saturated heterocycles. The monoisotopic (exact) mass is 510 g/mol. The lowest BCUT2D eigenvalue weighted by molar-refractivity contribution is -0.141. The lowest BCUT2D eigenvalue weighted by Crippen LogP contribution is -2.56. The highest BCUT2D eigenvalue weighted by Gasteiger charge is 2.38. The minimum atomic E-state index is -1.21. The number of amides is 4. The van der Waals surface area contributed by atoms with Crippen molar-refractivity contribution in [2.24, 2.45) is 16.6 Å². The molecule has 13 nitrogen and oxygen atoms in total. The van der Waals surface area contributed by atoms with Crippen LogP contribution < -0.4 is 21.7 Å². The average molecular weight is 511 g/mol. The van der Waals surface area contributed by atoms with Gasteiger partial charge in [-0.25, -0.2) is 0 Å². The number of nitrogens with one attached hydrogen (secondary N) is 3. The van der Waals surface area contributed by atoms with Crippen molar-refractivity contribution < 1.29 is 33.9 Å². The zero-order valence-electron chi connectivity index (χ0n) is 21.6. The number of carbonyl (C=O) groups excluding carboxylic acids is 5. The van der Waals surface area contributed by atoms with Gasteiger partial charge in [0.15, 0.2) is 5.78 Å². The standard InChI is InChI=1S/C23H38N6O7/c1-11(2)18(17(30)10-25-13(4)20(32)27-15(6)23(35)36)28-21(33)16-8-7-9-29(16)22(34)14(5)26-19(31)12(3)24/h10-16,18H,7-9,24H2,1-6H3,(H,26,31)(H,27,32)(H,28,33)(H,35,36)/t12-,13-,14-,15-,16?,18-/m0/s1. The topological polar surface area (TPSA) is 200 Å². The summed E-state index contributed by atoms with van der Waals surface area (Å²) in [5.74, 6) is -4.15. The molecule has 4 amide bonds. The number of carboxylic acids is 1. The van der Waals surface area contributed by atoms with Gasteiger partial charge in [-0.2, -0.15) is 0 Å². The van der Waals surface area contributed by atoms with Gasteiger partial charge in [-0.3, -0.25) is 33.8 Å². The van der Waals surface area contributed by atoms with E-state index in [1.807, 2.05) is 0 Å². The van der Waals surface area contributed by atoms with Gasteiger partial charge >= 0.3 is 5.97 Å². The van der Waals surface area contributed by atoms with Gasteiger partial charge in [0.1, 0.15) is 24.2 Å². The van der Waals surface area contributed by atoms with Gasteiger partial charge in [0, 0.05) is 6.54 Å². The van der Waals surface area contributed by atoms with Gasteiger partial charge in [0.25, 0.3) is 0 Å². The molecule has 0 aromatic rings. The van der Waals surface area contributed by atoms with E-state index in [4.69, 9.17) is 10.8 Å². The first kappa shape index (κ1) is 30.7. The number of rotatable bonds is 12. The Bertz CT molecular complexity index is 888. The summed E-state index contributed by atoms with van der Waals surface area (Å²) in [5.41, 5.74) is 5.53. The Morgan fingerprint density at radius 3 is 2.06 bits per heavy atom. The first-order valence-electron chi connectivity index (χ1n) is 11.9. The lowest BCUT2D eigenvalue weighted by Gasteiger charge is -2.29. The molecule has 0 aromatic carbocycles. The van der Waals surface area contributed by atoms with Crippen LogP contribution in [-0.2, 0) is 28.8 Å². The summed E-state index contributed by atoms with van der Waals surface area (Å²) in [4.78, 5) is 78.7. The number of nitrogens with zero attached hydrogens (tertiary/aromatic N) is 2. The number of aliphatic imine (C=N–C) groups is 1. The first-order chi connectivity index (χ1) is 16.7. The van der Waals surface area contributed by atoms with Gasteiger partial charge in [0.05, 0.1) is 18.3 Å². The minimum absolute atomic E-state index is 0.320. The Balaban J connectivity index is 2.85. The van der Waals surface area contributed by atoms with E-state index in [0.29, 0.717) is 19.4 Å². The number of nitrogens with two attached hydrogens (primary N) is 1. The van der Waals surface area contributed by atoms with E-state index in [-0.39, 0.29) is 5.92 Å². The molecule has 1 aliphatic rings. The Kier molecular flexibility index (Phi) is 11.6. The van der Waals surface area contributed by atoms with Crippen molar-refractivity contribution in [2.75, 3.05) is 6.54 Å². The number of carbonyl (C=O) groups is 6. The number of hydrogen-bond donors (Lipinski definition) is 5. The SMILES string of the molecule is CC(C)[C@H](NC(=O)C1CCCN1C(=O)[C@H](C)NC(=O)[C@H](C)N)C(=O)C=N[C@@H](C)C(=O)N[C@@H](C)C(=O)O. The quantitative estimate of drug-likeness (QED) is 0.197. The van der Waals surface area contributed by atoms with E-state index in [1.54, 1.807) is 13.8 Å². The zero-order valence-corrected chi connectivity index (χ0v) is 21.6. The van der Waals surface area contributed by atoms with Crippen LogP contribution in [0.3, 0.4) is 0 Å². The Hall–Kier alpha value is -3.35. The Morgan fingerprint density at radius 1 is 0.944 bits per heavy atom. The average Bonchev–Trinajstić information content (AvgIpc) is 3.29. The van der Waals surface area contributed by atoms with Gasteiger partial charge in [0.2, 0.25) is 23.6 Å². The number of aliphatic carboxylic acids is 1. The predicted octanol–water partition coefficient (Wildman–Crippen LogP) is -1.41. The maximum atomic E-state index is 13.0. The number of carboxylic acid groups (broad SMARTS) is 1. The third-order valence-corrected chi connectivity index (χ3v) is 5.79. The minimum Gasteiger partial charge on any atom is -0.480 e. The molecule has 1 rings (SSSR count). The molecule has 0 spiro atoms. The number of likely N-dealkylation sites (tertiary alicyclic amines) is 1. The fourth-order valence-corrected chi connectivity index (χ4v) is 3.50. The molecule has 6 atom stereocenters. The number of Topliss-reactive ketones (excluding diaryl/α,β-unsaturated/α-hetero) is 1. The molecular formula is C23H38N6O7. The summed E-state index contributed by atoms with van der Waals surface area (Å²) in [7, 11) is 0. The Morgan fingerprint density at radius 2 is 1.53 bits per heavy atom. The second-order valence-corrected chi connectivity index (χ2v) is 9.36. The lowest BCUT2D eigenvalue weighted by atomic mass is 9.99. The van der Waals surface area contributed by atoms with Crippen LogP contribution in [0.5, 0.6) is 0 Å². The van der Waals surface area contributed by atoms with Crippen LogP contribution in [0.4, 0.5) is 0 Å². The molecular weight excluding hydrogens is 472 g/mol. The summed E-state index contributed by atoms with van der Waals surface area (Å²) < 4.78 is 0. The van der Waals surface area contributed by atoms with Crippen molar-refractivity contribution in [3.63, 3.8) is 0 Å². The van der Waals surface area contributed by atoms with Gasteiger partial charge in [-0.1, -0.05) is 13.8 Å². The first-order valence-corrected chi connectivity index (χ1v) is 11.9. The third kappa shape index (κ3) is 8.70. The molecule has 1 aliphatic heterocycles. The van der Waals surface area contributed by atoms with Crippen LogP contribution in [0, 0.1) is 5.92 Å². The molecule has 1 heterocycles. The van der Waals surface area contributed by atoms with Crippen molar-refractivity contribution in [3.8, 4) is 0 Å². The molecule has 1 unspecified atom stereocenters. The molecule has 0 bridgehead atoms. The predicted molar refractivity (Wildman–Crippen MR) is 131 cm³/mol. The van der Waals surface area contributed by atoms with Crippen molar-refractivity contribution in [2.45, 2.75) is 90.6 Å². The van der Waals surface area contributed by atoms with Crippen molar-refractivity contribution >= 4 is 41.6 Å². The van der Waals surface area contributed by atoms with Crippen molar-refractivity contribution in [3.05, 3.63) is 0 Å². The second-order valence-electron chi connectivity index (χ2n) is 9.36. The van der Waals surface area contributed by atoms with E-state index in [2.05, 4.69) is 20.9 Å². The highest BCUT2D eigenvalue weighted by atomic mass is 16.4. The van der Waals surface area contributed by atoms with Crippen molar-refractivity contribution in [1.29, 1.82) is 0 Å². The molecule has 13 heteroatoms. The summed E-state index contributed by atoms with van der Waals surface area (Å²) in [6.45, 7) is 9.50. The molecule has 202 valence electrons. The Labute approximate surface area is 210 Å². The van der Waals surface area contributed by atoms with Gasteiger partial charge < -0.3 is 31.7 Å². The van der Waals surface area contributed by atoms with Crippen LogP contribution >= 0.6 is 0 Å². The molecule has 36 heavy (non-hydrogen) atoms. The third-order valence-electron chi connectivity index (χ3n) is 5.79. The van der Waals surface area contributed by atoms with E-state index < -0.39 is 71.6 Å². The summed E-state index contributed by atoms with van der Waals surface area (Å²) >= 11 is 0. The van der Waals surface area contributed by atoms with Crippen LogP contribution in [0.25, 0.3) is 0 Å². The molecule has 0 aliphatic carbocycles. The van der Waals surface area contributed by atoms with E-state index in [0.717, 1.165) is 6.21 Å². The molecule has 0 aromatic heterocycles. The maximum Gasteiger partial charge on any atom is 0.325 e. The van der Waals surface area contributed by atoms with Crippen LogP contribution in [0.1, 0.15) is 54.4 Å². The van der Waals surface area contributed by atoms with Crippen LogP contribution in [-0.4, -0.2) is 94.4 Å². The maximum absolute atomic E-state index is 13.0. The number of ketones is 1. The fourth-order valence-electron chi connectivity index (χ4n) is 3.50. The normalized spacial score (nSPS) is 19.8. The summed E-state index contributed by atoms with van der Waals surface area (Å²) in [5, 5.41) is 16.4. The summed E-state index contributed by atoms with van der Waals surface area (Å²) in [6.07, 6.45) is 1.93. The zero-order chi connectivity index (χ0) is 27.7. The molecule has 1 fully saturated rings. The van der Waals surface area contributed by atoms with Crippen LogP contribution in [0.2, 0.25) is 0 Å². The second kappa shape index (κ2) is 13.7. The van der Waals surface area contributed by atoms with E-state index >= 15 is 0 Å². The van der Waals surface area contributed by atoms with E-state index in [9.17, 15) is 28.8 Å². The van der Waals surface area contributed by atoms with E-state index in [1.165, 1.54) is 32.6 Å². The highest BCUT2D eigenvalue weighted by Crippen LogP contribution is 2.19. The summed E-state index contributed by atoms with van der Waals surface area (Å²) in [6, 6.07) is -5.55. The molecule has 6 N–H and O–H groups in total. The fraction of sp³-hybridized carbons (Fsp3) is 0.696. The van der Waals surface area contributed by atoms with Gasteiger partial charge in [-0.15, -0.1) is 0 Å². The smallest absolute Gasteiger partial charge is 0.325 e. The molecule has 0 saturated carbocycles. The van der Waals surface area contributed by atoms with Crippen molar-refractivity contribution in [1.82, 2.24) is 20.9 Å². The molecule has 0 radical (unpaired) electrons. The largest absolute Gasteiger partial charge is 0.480 e. The number of hydrogen-bond acceptors (Lipinski definition) is 8. The van der Waals surface area contributed by atoms with Crippen LogP contribution in [0.15, 0.2) is 4.99 Å². The van der Waals surface area contributed by atoms with Gasteiger partial charge in [-0.05, 0) is 46.5 Å². The highest BCUT2D eigenvalue weighted by molar-refractivity contribution is 6.30.